The zero-order chi connectivity index (χ0) is 6.27. The van der Waals surface area contributed by atoms with E-state index in [1.54, 1.807) is 0 Å². The first-order valence-corrected chi connectivity index (χ1v) is 3.71. The second-order valence-electron chi connectivity index (χ2n) is 2.99. The first-order valence-electron chi connectivity index (χ1n) is 3.71. The van der Waals surface area contributed by atoms with Crippen molar-refractivity contribution < 1.29 is 9.84 Å². The highest BCUT2D eigenvalue weighted by Gasteiger charge is 2.44. The van der Waals surface area contributed by atoms with Crippen LogP contribution < -0.4 is 0 Å². The van der Waals surface area contributed by atoms with Crippen LogP contribution in [0.4, 0.5) is 0 Å². The topological polar surface area (TPSA) is 32.8 Å². The second-order valence-corrected chi connectivity index (χ2v) is 2.99. The molecule has 9 heavy (non-hydrogen) atoms. The maximum Gasteiger partial charge on any atom is 0.110 e. The summed E-state index contributed by atoms with van der Waals surface area (Å²) in [4.78, 5) is 0. The molecule has 1 aliphatic carbocycles. The number of hydrogen-bond donors (Lipinski definition) is 1. The highest BCUT2D eigenvalue weighted by atomic mass is 16.6. The van der Waals surface area contributed by atoms with Crippen molar-refractivity contribution in [1.82, 2.24) is 0 Å². The lowest BCUT2D eigenvalue weighted by Gasteiger charge is -2.02. The summed E-state index contributed by atoms with van der Waals surface area (Å²) >= 11 is 0. The Morgan fingerprint density at radius 3 is 2.89 bits per heavy atom. The zero-order valence-corrected chi connectivity index (χ0v) is 5.42. The van der Waals surface area contributed by atoms with Gasteiger partial charge in [0.05, 0.1) is 12.2 Å². The quantitative estimate of drug-likeness (QED) is 0.487. The van der Waals surface area contributed by atoms with Gasteiger partial charge in [0.15, 0.2) is 0 Å². The van der Waals surface area contributed by atoms with Gasteiger partial charge < -0.3 is 9.84 Å². The number of aliphatic hydroxyl groups excluding tert-OH is 1. The van der Waals surface area contributed by atoms with Crippen molar-refractivity contribution in [1.29, 1.82) is 0 Å². The highest BCUT2D eigenvalue weighted by molar-refractivity contribution is 4.92. The molecule has 52 valence electrons. The molecule has 0 aromatic heterocycles. The minimum Gasteiger partial charge on any atom is -0.390 e. The van der Waals surface area contributed by atoms with Gasteiger partial charge in [0.2, 0.25) is 0 Å². The molecule has 0 aromatic rings. The molecule has 0 spiro atoms. The maximum atomic E-state index is 9.27. The van der Waals surface area contributed by atoms with E-state index in [1.807, 2.05) is 0 Å². The SMILES string of the molecule is OC1CCCC[C@H]2O[C@@H]12. The molecule has 3 atom stereocenters. The number of fused-ring (bicyclic) bond motifs is 1. The fourth-order valence-electron chi connectivity index (χ4n) is 1.59. The number of epoxide rings is 1. The van der Waals surface area contributed by atoms with Gasteiger partial charge in [-0.05, 0) is 12.8 Å². The van der Waals surface area contributed by atoms with Gasteiger partial charge in [-0.1, -0.05) is 12.8 Å². The largest absolute Gasteiger partial charge is 0.390 e. The van der Waals surface area contributed by atoms with E-state index >= 15 is 0 Å². The third-order valence-corrected chi connectivity index (χ3v) is 2.24. The van der Waals surface area contributed by atoms with Crippen LogP contribution in [0, 0.1) is 0 Å². The molecule has 0 amide bonds. The van der Waals surface area contributed by atoms with E-state index in [1.165, 1.54) is 19.3 Å². The summed E-state index contributed by atoms with van der Waals surface area (Å²) in [6.07, 6.45) is 5.01. The summed E-state index contributed by atoms with van der Waals surface area (Å²) in [7, 11) is 0. The van der Waals surface area contributed by atoms with Crippen LogP contribution in [0.1, 0.15) is 25.7 Å². The number of aliphatic hydroxyl groups is 1. The summed E-state index contributed by atoms with van der Waals surface area (Å²) in [5, 5.41) is 9.27. The molecular weight excluding hydrogens is 116 g/mol. The molecule has 1 saturated carbocycles. The molecule has 0 bridgehead atoms. The third-order valence-electron chi connectivity index (χ3n) is 2.24. The molecule has 1 aliphatic heterocycles. The molecule has 2 nitrogen and oxygen atoms in total. The van der Waals surface area contributed by atoms with Crippen LogP contribution in [0.25, 0.3) is 0 Å². The van der Waals surface area contributed by atoms with E-state index in [-0.39, 0.29) is 12.2 Å². The van der Waals surface area contributed by atoms with Crippen molar-refractivity contribution in [3.05, 3.63) is 0 Å². The van der Waals surface area contributed by atoms with E-state index in [0.29, 0.717) is 6.10 Å². The standard InChI is InChI=1S/C7H12O2/c8-5-3-1-2-4-6-7(5)9-6/h5-8H,1-4H2/t5?,6-,7+/m1/s1. The summed E-state index contributed by atoms with van der Waals surface area (Å²) < 4.78 is 5.22. The van der Waals surface area contributed by atoms with Crippen molar-refractivity contribution >= 4 is 0 Å². The van der Waals surface area contributed by atoms with E-state index < -0.39 is 0 Å². The number of ether oxygens (including phenoxy) is 1. The smallest absolute Gasteiger partial charge is 0.110 e. The van der Waals surface area contributed by atoms with Crippen LogP contribution in [0.5, 0.6) is 0 Å². The fraction of sp³-hybridized carbons (Fsp3) is 1.00. The van der Waals surface area contributed by atoms with Gasteiger partial charge in [-0.25, -0.2) is 0 Å². The van der Waals surface area contributed by atoms with Crippen molar-refractivity contribution in [2.45, 2.75) is 44.0 Å². The van der Waals surface area contributed by atoms with Crippen LogP contribution in [0.3, 0.4) is 0 Å². The molecule has 2 rings (SSSR count). The summed E-state index contributed by atoms with van der Waals surface area (Å²) in [5.41, 5.74) is 0. The monoisotopic (exact) mass is 128 g/mol. The number of rotatable bonds is 0. The molecule has 2 aliphatic rings. The second kappa shape index (κ2) is 1.96. The Morgan fingerprint density at radius 1 is 1.22 bits per heavy atom. The molecule has 0 radical (unpaired) electrons. The summed E-state index contributed by atoms with van der Waals surface area (Å²) in [5.74, 6) is 0. The Hall–Kier alpha value is -0.0800. The van der Waals surface area contributed by atoms with Gasteiger partial charge in [-0.15, -0.1) is 0 Å². The molecule has 1 heterocycles. The highest BCUT2D eigenvalue weighted by Crippen LogP contribution is 2.34. The van der Waals surface area contributed by atoms with Crippen LogP contribution in [0.2, 0.25) is 0 Å². The molecule has 1 unspecified atom stereocenters. The van der Waals surface area contributed by atoms with Crippen LogP contribution >= 0.6 is 0 Å². The Balaban J connectivity index is 1.96. The van der Waals surface area contributed by atoms with E-state index in [2.05, 4.69) is 0 Å². The predicted molar refractivity (Wildman–Crippen MR) is 33.1 cm³/mol. The van der Waals surface area contributed by atoms with Gasteiger partial charge in [0.25, 0.3) is 0 Å². The van der Waals surface area contributed by atoms with E-state index in [4.69, 9.17) is 4.74 Å². The predicted octanol–water partition coefficient (Wildman–Crippen LogP) is 0.689. The van der Waals surface area contributed by atoms with E-state index in [9.17, 15) is 5.11 Å². The first kappa shape index (κ1) is 5.69. The molecule has 1 N–H and O–H groups in total. The first-order chi connectivity index (χ1) is 4.38. The average Bonchev–Trinajstić information content (AvgIpc) is 2.55. The Morgan fingerprint density at radius 2 is 2.00 bits per heavy atom. The van der Waals surface area contributed by atoms with Gasteiger partial charge in [0, 0.05) is 0 Å². The summed E-state index contributed by atoms with van der Waals surface area (Å²) in [6.45, 7) is 0. The lowest BCUT2D eigenvalue weighted by molar-refractivity contribution is 0.122. The lowest BCUT2D eigenvalue weighted by Crippen LogP contribution is -2.14. The molecule has 0 aromatic carbocycles. The molecule has 2 fully saturated rings. The summed E-state index contributed by atoms with van der Waals surface area (Å²) in [6, 6.07) is 0. The zero-order valence-electron chi connectivity index (χ0n) is 5.42. The third kappa shape index (κ3) is 0.970. The van der Waals surface area contributed by atoms with Gasteiger partial charge in [0.1, 0.15) is 6.10 Å². The van der Waals surface area contributed by atoms with Crippen LogP contribution in [-0.4, -0.2) is 23.4 Å². The lowest BCUT2D eigenvalue weighted by atomic mass is 10.2. The van der Waals surface area contributed by atoms with Gasteiger partial charge in [-0.2, -0.15) is 0 Å². The normalized spacial score (nSPS) is 49.7. The van der Waals surface area contributed by atoms with Crippen molar-refractivity contribution in [3.63, 3.8) is 0 Å². The van der Waals surface area contributed by atoms with Gasteiger partial charge >= 0.3 is 0 Å². The van der Waals surface area contributed by atoms with Crippen LogP contribution in [0.15, 0.2) is 0 Å². The molecule has 2 heteroatoms. The average molecular weight is 128 g/mol. The Kier molecular flexibility index (Phi) is 1.24. The van der Waals surface area contributed by atoms with Crippen molar-refractivity contribution in [2.75, 3.05) is 0 Å². The molecule has 1 saturated heterocycles. The minimum atomic E-state index is -0.155. The number of hydrogen-bond acceptors (Lipinski definition) is 2. The van der Waals surface area contributed by atoms with Gasteiger partial charge in [-0.3, -0.25) is 0 Å². The fourth-order valence-corrected chi connectivity index (χ4v) is 1.59. The Labute approximate surface area is 54.8 Å². The van der Waals surface area contributed by atoms with Crippen molar-refractivity contribution in [3.8, 4) is 0 Å². The molecular formula is C7H12O2. The van der Waals surface area contributed by atoms with Crippen molar-refractivity contribution in [2.24, 2.45) is 0 Å². The Bertz CT molecular complexity index is 113. The maximum absolute atomic E-state index is 9.27. The van der Waals surface area contributed by atoms with Crippen LogP contribution in [-0.2, 0) is 4.74 Å². The minimum absolute atomic E-state index is 0.155. The van der Waals surface area contributed by atoms with E-state index in [0.717, 1.165) is 6.42 Å².